The molecule has 0 saturated carbocycles. The summed E-state index contributed by atoms with van der Waals surface area (Å²) < 4.78 is 62.1. The van der Waals surface area contributed by atoms with Gasteiger partial charge in [-0.2, -0.15) is 18.2 Å². The molecule has 12 heteroatoms. The Kier molecular flexibility index (Phi) is 7.37. The number of rotatable bonds is 9. The maximum absolute atomic E-state index is 13.1. The zero-order chi connectivity index (χ0) is 27.4. The highest BCUT2D eigenvalue weighted by atomic mass is 19.4. The summed E-state index contributed by atoms with van der Waals surface area (Å²) in [4.78, 5) is 17.1. The number of halogens is 3. The smallest absolute Gasteiger partial charge is 0.416 e. The average molecular weight is 540 g/mol. The highest BCUT2D eigenvalue weighted by Crippen LogP contribution is 2.33. The highest BCUT2D eigenvalue weighted by molar-refractivity contribution is 6.04. The van der Waals surface area contributed by atoms with Crippen molar-refractivity contribution in [3.8, 4) is 34.6 Å². The van der Waals surface area contributed by atoms with Gasteiger partial charge in [-0.25, -0.2) is 4.68 Å². The Balaban J connectivity index is 1.38. The van der Waals surface area contributed by atoms with Crippen molar-refractivity contribution in [1.29, 1.82) is 0 Å². The maximum atomic E-state index is 13.1. The van der Waals surface area contributed by atoms with Gasteiger partial charge in [0.05, 0.1) is 17.9 Å². The largest absolute Gasteiger partial charge is 0.460 e. The number of fused-ring (bicyclic) bond motifs is 1. The van der Waals surface area contributed by atoms with Crippen LogP contribution in [0.25, 0.3) is 17.1 Å². The van der Waals surface area contributed by atoms with Gasteiger partial charge in [-0.15, -0.1) is 5.10 Å². The minimum Gasteiger partial charge on any atom is -0.460 e. The molecule has 39 heavy (non-hydrogen) atoms. The first-order valence-electron chi connectivity index (χ1n) is 12.0. The summed E-state index contributed by atoms with van der Waals surface area (Å²) in [6, 6.07) is 16.3. The van der Waals surface area contributed by atoms with Crippen molar-refractivity contribution in [1.82, 2.24) is 14.8 Å². The van der Waals surface area contributed by atoms with Gasteiger partial charge in [0.25, 0.3) is 5.91 Å². The van der Waals surface area contributed by atoms with E-state index < -0.39 is 11.7 Å². The number of amides is 1. The molecule has 202 valence electrons. The highest BCUT2D eigenvalue weighted by Gasteiger charge is 2.30. The first-order valence-corrected chi connectivity index (χ1v) is 12.0. The van der Waals surface area contributed by atoms with Crippen LogP contribution in [0.3, 0.4) is 0 Å². The van der Waals surface area contributed by atoms with Crippen LogP contribution >= 0.6 is 0 Å². The second-order valence-electron chi connectivity index (χ2n) is 8.32. The first kappa shape index (κ1) is 26.0. The van der Waals surface area contributed by atoms with Gasteiger partial charge in [0, 0.05) is 23.4 Å². The quantitative estimate of drug-likeness (QED) is 0.286. The number of aromatic nitrogens is 3. The zero-order valence-electron chi connectivity index (χ0n) is 20.7. The SMILES string of the molecule is CCOCCOc1nc(-c2ccc(C(F)(F)F)cc2)n(-c2ccc(NC(=O)c3ccc4c(c3)OCO4)cc2)n1. The summed E-state index contributed by atoms with van der Waals surface area (Å²) in [5.74, 6) is 1.03. The normalized spacial score (nSPS) is 12.4. The molecule has 1 aliphatic heterocycles. The molecular formula is C27H23F3N4O5. The van der Waals surface area contributed by atoms with E-state index in [2.05, 4.69) is 15.4 Å². The summed E-state index contributed by atoms with van der Waals surface area (Å²) in [6.45, 7) is 3.03. The molecule has 1 aliphatic rings. The lowest BCUT2D eigenvalue weighted by atomic mass is 10.1. The second kappa shape index (κ2) is 11.0. The minimum atomic E-state index is -4.46. The molecule has 0 radical (unpaired) electrons. The molecule has 0 bridgehead atoms. The predicted molar refractivity (Wildman–Crippen MR) is 134 cm³/mol. The Morgan fingerprint density at radius 2 is 1.74 bits per heavy atom. The van der Waals surface area contributed by atoms with Crippen LogP contribution in [0, 0.1) is 0 Å². The number of nitrogens with zero attached hydrogens (tertiary/aromatic N) is 3. The van der Waals surface area contributed by atoms with E-state index >= 15 is 0 Å². The zero-order valence-corrected chi connectivity index (χ0v) is 20.7. The predicted octanol–water partition coefficient (Wildman–Crippen LogP) is 5.35. The molecule has 1 aromatic heterocycles. The summed E-state index contributed by atoms with van der Waals surface area (Å²) in [5, 5.41) is 7.20. The third-order valence-electron chi connectivity index (χ3n) is 5.73. The Hall–Kier alpha value is -4.58. The van der Waals surface area contributed by atoms with Crippen molar-refractivity contribution in [2.75, 3.05) is 31.9 Å². The van der Waals surface area contributed by atoms with E-state index in [0.29, 0.717) is 47.2 Å². The van der Waals surface area contributed by atoms with E-state index in [-0.39, 0.29) is 31.1 Å². The molecule has 1 N–H and O–H groups in total. The van der Waals surface area contributed by atoms with Gasteiger partial charge in [-0.05, 0) is 61.5 Å². The molecule has 4 aromatic rings. The lowest BCUT2D eigenvalue weighted by molar-refractivity contribution is -0.137. The van der Waals surface area contributed by atoms with Gasteiger partial charge >= 0.3 is 12.2 Å². The van der Waals surface area contributed by atoms with E-state index in [9.17, 15) is 18.0 Å². The number of hydrogen-bond acceptors (Lipinski definition) is 7. The van der Waals surface area contributed by atoms with Crippen molar-refractivity contribution in [3.63, 3.8) is 0 Å². The third-order valence-corrected chi connectivity index (χ3v) is 5.73. The molecule has 0 saturated heterocycles. The van der Waals surface area contributed by atoms with Crippen molar-refractivity contribution in [2.45, 2.75) is 13.1 Å². The van der Waals surface area contributed by atoms with Gasteiger partial charge in [0.1, 0.15) is 6.61 Å². The number of benzene rings is 3. The van der Waals surface area contributed by atoms with Crippen LogP contribution in [0.2, 0.25) is 0 Å². The van der Waals surface area contributed by atoms with Crippen LogP contribution in [-0.4, -0.2) is 47.3 Å². The summed E-state index contributed by atoms with van der Waals surface area (Å²) in [5.41, 5.74) is 1.12. The molecule has 1 amide bonds. The molecule has 0 atom stereocenters. The van der Waals surface area contributed by atoms with Crippen molar-refractivity contribution in [3.05, 3.63) is 77.9 Å². The molecular weight excluding hydrogens is 517 g/mol. The monoisotopic (exact) mass is 540 g/mol. The molecule has 9 nitrogen and oxygen atoms in total. The molecule has 2 heterocycles. The van der Waals surface area contributed by atoms with E-state index in [0.717, 1.165) is 12.1 Å². The molecule has 0 aliphatic carbocycles. The van der Waals surface area contributed by atoms with E-state index in [1.54, 1.807) is 42.5 Å². The summed E-state index contributed by atoms with van der Waals surface area (Å²) in [6.07, 6.45) is -4.46. The molecule has 5 rings (SSSR count). The lowest BCUT2D eigenvalue weighted by Crippen LogP contribution is -2.12. The standard InChI is InChI=1S/C27H23F3N4O5/c1-2-36-13-14-37-26-32-24(17-3-6-19(7-4-17)27(28,29)30)34(33-26)21-10-8-20(9-11-21)31-25(35)18-5-12-22-23(15-18)39-16-38-22/h3-12,15H,2,13-14,16H2,1H3,(H,31,35). The van der Waals surface area contributed by atoms with Crippen LogP contribution in [0.1, 0.15) is 22.8 Å². The van der Waals surface area contributed by atoms with E-state index in [1.165, 1.54) is 16.8 Å². The Morgan fingerprint density at radius 1 is 1.00 bits per heavy atom. The number of anilines is 1. The number of carbonyl (C=O) groups excluding carboxylic acids is 1. The van der Waals surface area contributed by atoms with E-state index in [1.807, 2.05) is 6.92 Å². The number of alkyl halides is 3. The fourth-order valence-corrected chi connectivity index (χ4v) is 3.79. The van der Waals surface area contributed by atoms with Gasteiger partial charge < -0.3 is 24.3 Å². The Bertz CT molecular complexity index is 1450. The number of carbonyl (C=O) groups is 1. The van der Waals surface area contributed by atoms with Crippen LogP contribution < -0.4 is 19.5 Å². The first-order chi connectivity index (χ1) is 18.8. The van der Waals surface area contributed by atoms with Gasteiger partial charge in [-0.1, -0.05) is 12.1 Å². The van der Waals surface area contributed by atoms with Gasteiger partial charge in [-0.3, -0.25) is 4.79 Å². The molecule has 0 unspecified atom stereocenters. The van der Waals surface area contributed by atoms with Crippen molar-refractivity contribution in [2.24, 2.45) is 0 Å². The molecule has 0 fully saturated rings. The Labute approximate surface area is 221 Å². The van der Waals surface area contributed by atoms with Crippen molar-refractivity contribution < 1.29 is 36.9 Å². The van der Waals surface area contributed by atoms with E-state index in [4.69, 9.17) is 18.9 Å². The minimum absolute atomic E-state index is 0.0461. The van der Waals surface area contributed by atoms with Crippen LogP contribution in [-0.2, 0) is 10.9 Å². The fourth-order valence-electron chi connectivity index (χ4n) is 3.79. The maximum Gasteiger partial charge on any atom is 0.416 e. The Morgan fingerprint density at radius 3 is 2.46 bits per heavy atom. The van der Waals surface area contributed by atoms with Crippen LogP contribution in [0.15, 0.2) is 66.7 Å². The number of nitrogens with one attached hydrogen (secondary N) is 1. The number of ether oxygens (including phenoxy) is 4. The lowest BCUT2D eigenvalue weighted by Gasteiger charge is -2.10. The van der Waals surface area contributed by atoms with Gasteiger partial charge in [0.2, 0.25) is 6.79 Å². The molecule has 3 aromatic carbocycles. The summed E-state index contributed by atoms with van der Waals surface area (Å²) in [7, 11) is 0. The van der Waals surface area contributed by atoms with Crippen LogP contribution in [0.4, 0.5) is 18.9 Å². The van der Waals surface area contributed by atoms with Gasteiger partial charge in [0.15, 0.2) is 17.3 Å². The third kappa shape index (κ3) is 5.96. The van der Waals surface area contributed by atoms with Crippen LogP contribution in [0.5, 0.6) is 17.5 Å². The van der Waals surface area contributed by atoms with Crippen molar-refractivity contribution >= 4 is 11.6 Å². The molecule has 0 spiro atoms. The number of hydrogen-bond donors (Lipinski definition) is 1. The average Bonchev–Trinajstić information content (AvgIpc) is 3.58. The summed E-state index contributed by atoms with van der Waals surface area (Å²) >= 11 is 0. The topological polar surface area (TPSA) is 96.7 Å². The second-order valence-corrected chi connectivity index (χ2v) is 8.32. The fraction of sp³-hybridized carbons (Fsp3) is 0.222.